The second kappa shape index (κ2) is 18.1. The maximum atomic E-state index is 7.26. The van der Waals surface area contributed by atoms with Crippen molar-refractivity contribution in [2.24, 2.45) is 0 Å². The summed E-state index contributed by atoms with van der Waals surface area (Å²) in [6.45, 7) is 0.376. The number of hydrogen-bond acceptors (Lipinski definition) is 3. The maximum Gasteiger partial charge on any atom is 0.144 e. The Kier molecular flexibility index (Phi) is 10.9. The largest absolute Gasteiger partial charge is 0.356 e. The van der Waals surface area contributed by atoms with Gasteiger partial charge >= 0.3 is 0 Å². The zero-order valence-corrected chi connectivity index (χ0v) is 37.8. The molecule has 0 saturated carbocycles. The van der Waals surface area contributed by atoms with Gasteiger partial charge in [-0.2, -0.15) is 0 Å². The van der Waals surface area contributed by atoms with Gasteiger partial charge < -0.3 is 14.7 Å². The van der Waals surface area contributed by atoms with Gasteiger partial charge in [0.15, 0.2) is 0 Å². The fourth-order valence-corrected chi connectivity index (χ4v) is 9.96. The number of nitrogens with one attached hydrogen (secondary N) is 2. The maximum absolute atomic E-state index is 7.26. The molecule has 2 aliphatic heterocycles. The first-order valence-electron chi connectivity index (χ1n) is 23.4. The van der Waals surface area contributed by atoms with E-state index in [1.807, 2.05) is 0 Å². The van der Waals surface area contributed by atoms with Crippen LogP contribution in [-0.4, -0.2) is 19.9 Å². The molecule has 7 aromatic carbocycles. The minimum Gasteiger partial charge on any atom is -0.356 e. The van der Waals surface area contributed by atoms with Gasteiger partial charge in [-0.3, -0.25) is 0 Å². The quantitative estimate of drug-likeness (QED) is 0.134. The molecule has 10 aromatic rings. The number of fused-ring (bicyclic) bond motifs is 8. The first-order valence-corrected chi connectivity index (χ1v) is 23.4. The van der Waals surface area contributed by atoms with E-state index >= 15 is 0 Å². The van der Waals surface area contributed by atoms with Crippen LogP contribution in [0.4, 0.5) is 0 Å². The summed E-state index contributed by atoms with van der Waals surface area (Å²) in [7, 11) is 0. The minimum absolute atomic E-state index is 0.376. The molecule has 0 amide bonds. The second-order valence-corrected chi connectivity index (χ2v) is 17.4. The number of hydrogen-bond donors (Lipinski definition) is 2. The Morgan fingerprint density at radius 3 is 0.884 bits per heavy atom. The van der Waals surface area contributed by atoms with Crippen LogP contribution in [0.2, 0.25) is 0 Å². The molecule has 69 heavy (non-hydrogen) atoms. The zero-order chi connectivity index (χ0) is 46.0. The van der Waals surface area contributed by atoms with Crippen molar-refractivity contribution in [3.8, 4) is 44.5 Å². The Balaban J connectivity index is 1.06. The summed E-state index contributed by atoms with van der Waals surface area (Å²) in [5, 5.41) is 0. The summed E-state index contributed by atoms with van der Waals surface area (Å²) in [4.78, 5) is 18.7. The molecule has 2 aliphatic rings. The molecular formula is C64H46N4O. The van der Waals surface area contributed by atoms with Crippen molar-refractivity contribution in [3.05, 3.63) is 276 Å². The summed E-state index contributed by atoms with van der Waals surface area (Å²) < 4.78 is 7.26. The summed E-state index contributed by atoms with van der Waals surface area (Å²) in [5.41, 5.74) is 19.0. The molecule has 0 radical (unpaired) electrons. The van der Waals surface area contributed by atoms with Gasteiger partial charge in [0.25, 0.3) is 0 Å². The lowest BCUT2D eigenvalue weighted by molar-refractivity contribution is 0.000247. The normalized spacial score (nSPS) is 12.1. The van der Waals surface area contributed by atoms with Crippen LogP contribution in [-0.2, 0) is 16.9 Å². The number of H-pyrrole nitrogens is 2. The third-order valence-corrected chi connectivity index (χ3v) is 13.2. The number of nitrogens with zero attached hydrogens (tertiary/aromatic N) is 2. The van der Waals surface area contributed by atoms with Crippen LogP contribution < -0.4 is 0 Å². The van der Waals surface area contributed by atoms with Gasteiger partial charge in [0, 0.05) is 44.3 Å². The number of benzene rings is 7. The van der Waals surface area contributed by atoms with Crippen molar-refractivity contribution in [2.45, 2.75) is 12.2 Å². The average Bonchev–Trinajstić information content (AvgIpc) is 4.28. The van der Waals surface area contributed by atoms with E-state index in [1.165, 1.54) is 0 Å². The van der Waals surface area contributed by atoms with Gasteiger partial charge in [0.05, 0.1) is 29.4 Å². The van der Waals surface area contributed by atoms with Gasteiger partial charge in [-0.05, 0) is 93.1 Å². The molecule has 12 rings (SSSR count). The van der Waals surface area contributed by atoms with Crippen molar-refractivity contribution in [3.63, 3.8) is 0 Å². The van der Waals surface area contributed by atoms with Crippen LogP contribution in [0.15, 0.2) is 231 Å². The standard InChI is InChI=1S/C64H46N4O/c1-7-19-45(20-8-1)60-52-35-37-54(65-52)61(46-21-9-2-10-22-46)56-39-41-58(67-56)63(59-42-40-57(68-59)62(47-23-11-3-12-24-47)55-38-36-53(60)66-55)48-33-31-44(32-34-48)43-69-64(49-25-13-4-14-26-49,50-27-15-5-16-28-50)51-29-17-6-18-30-51/h1-42,65,68H,43H2. The monoisotopic (exact) mass is 886 g/mol. The molecule has 2 N–H and O–H groups in total. The number of aromatic nitrogens is 4. The highest BCUT2D eigenvalue weighted by molar-refractivity contribution is 5.99. The van der Waals surface area contributed by atoms with Crippen LogP contribution in [0.3, 0.4) is 0 Å². The van der Waals surface area contributed by atoms with Crippen LogP contribution in [0.5, 0.6) is 0 Å². The van der Waals surface area contributed by atoms with E-state index in [4.69, 9.17) is 14.7 Å². The first kappa shape index (κ1) is 41.5. The van der Waals surface area contributed by atoms with Gasteiger partial charge in [-0.1, -0.05) is 206 Å². The molecule has 0 saturated heterocycles. The number of rotatable bonds is 10. The molecule has 5 nitrogen and oxygen atoms in total. The van der Waals surface area contributed by atoms with Gasteiger partial charge in [0.2, 0.25) is 0 Å². The molecule has 0 aliphatic carbocycles. The number of aromatic amines is 2. The molecule has 0 atom stereocenters. The SMILES string of the molecule is C1=Cc2nc1c(-c1ccccc1)c1ccc([nH]1)c(-c1ccccc1)c1nc(c(-c3ccc(COC(c4ccccc4)(c4ccccc4)c4ccccc4)cc3)c3ccc([nH]3)c2-c2ccccc2)C=C1. The number of ether oxygens (including phenoxy) is 1. The molecule has 0 unspecified atom stereocenters. The Bertz CT molecular complexity index is 3540. The molecule has 3 aromatic heterocycles. The van der Waals surface area contributed by atoms with Crippen LogP contribution in [0.25, 0.3) is 90.9 Å². The van der Waals surface area contributed by atoms with E-state index in [-0.39, 0.29) is 0 Å². The van der Waals surface area contributed by atoms with Crippen molar-refractivity contribution in [2.75, 3.05) is 0 Å². The van der Waals surface area contributed by atoms with E-state index < -0.39 is 5.60 Å². The van der Waals surface area contributed by atoms with Crippen LogP contribution >= 0.6 is 0 Å². The molecule has 328 valence electrons. The Hall–Kier alpha value is -8.90. The zero-order valence-electron chi connectivity index (χ0n) is 37.8. The lowest BCUT2D eigenvalue weighted by Crippen LogP contribution is -2.32. The summed E-state index contributed by atoms with van der Waals surface area (Å²) in [5.74, 6) is 0. The average molecular weight is 887 g/mol. The van der Waals surface area contributed by atoms with E-state index in [9.17, 15) is 0 Å². The second-order valence-electron chi connectivity index (χ2n) is 17.4. The predicted octanol–water partition coefficient (Wildman–Crippen LogP) is 15.8. The van der Waals surface area contributed by atoms with Crippen molar-refractivity contribution >= 4 is 46.4 Å². The third-order valence-electron chi connectivity index (χ3n) is 13.2. The highest BCUT2D eigenvalue weighted by atomic mass is 16.5. The van der Waals surface area contributed by atoms with Gasteiger partial charge in [-0.25, -0.2) is 9.97 Å². The first-order chi connectivity index (χ1) is 34.2. The molecule has 0 fully saturated rings. The summed E-state index contributed by atoms with van der Waals surface area (Å²) in [6, 6.07) is 80.6. The summed E-state index contributed by atoms with van der Waals surface area (Å²) in [6.07, 6.45) is 8.58. The van der Waals surface area contributed by atoms with E-state index in [0.29, 0.717) is 6.61 Å². The smallest absolute Gasteiger partial charge is 0.144 e. The van der Waals surface area contributed by atoms with Crippen molar-refractivity contribution in [1.82, 2.24) is 19.9 Å². The lowest BCUT2D eigenvalue weighted by Gasteiger charge is -2.36. The third kappa shape index (κ3) is 7.81. The Morgan fingerprint density at radius 2 is 0.580 bits per heavy atom. The fraction of sp³-hybridized carbons (Fsp3) is 0.0312. The molecular weight excluding hydrogens is 841 g/mol. The highest BCUT2D eigenvalue weighted by Crippen LogP contribution is 2.42. The van der Waals surface area contributed by atoms with Gasteiger partial charge in [-0.15, -0.1) is 0 Å². The van der Waals surface area contributed by atoms with E-state index in [2.05, 4.69) is 265 Å². The van der Waals surface area contributed by atoms with Crippen LogP contribution in [0.1, 0.15) is 45.0 Å². The lowest BCUT2D eigenvalue weighted by atomic mass is 9.80. The predicted molar refractivity (Wildman–Crippen MR) is 285 cm³/mol. The fourth-order valence-electron chi connectivity index (χ4n) is 9.96. The Morgan fingerprint density at radius 1 is 0.304 bits per heavy atom. The molecule has 0 spiro atoms. The van der Waals surface area contributed by atoms with Crippen molar-refractivity contribution in [1.29, 1.82) is 0 Å². The molecule has 5 heteroatoms. The molecule has 5 heterocycles. The Labute approximate surface area is 401 Å². The van der Waals surface area contributed by atoms with Crippen LogP contribution in [0, 0.1) is 0 Å². The van der Waals surface area contributed by atoms with Gasteiger partial charge in [0.1, 0.15) is 5.60 Å². The van der Waals surface area contributed by atoms with E-state index in [0.717, 1.165) is 112 Å². The van der Waals surface area contributed by atoms with Crippen molar-refractivity contribution < 1.29 is 4.74 Å². The highest BCUT2D eigenvalue weighted by Gasteiger charge is 2.37. The summed E-state index contributed by atoms with van der Waals surface area (Å²) >= 11 is 0. The van der Waals surface area contributed by atoms with E-state index in [1.54, 1.807) is 0 Å². The minimum atomic E-state index is -0.839. The molecule has 8 bridgehead atoms. The topological polar surface area (TPSA) is 66.6 Å².